The summed E-state index contributed by atoms with van der Waals surface area (Å²) >= 11 is -2.61. The molecule has 2 atom stereocenters. The molecule has 2 aromatic rings. The van der Waals surface area contributed by atoms with Crippen LogP contribution in [0.3, 0.4) is 0 Å². The van der Waals surface area contributed by atoms with Gasteiger partial charge in [0.2, 0.25) is 0 Å². The summed E-state index contributed by atoms with van der Waals surface area (Å²) < 4.78 is 11.9. The third-order valence-corrected chi connectivity index (χ3v) is 25.0. The van der Waals surface area contributed by atoms with Crippen molar-refractivity contribution in [1.29, 1.82) is 0 Å². The molecule has 3 fully saturated rings. The second-order valence-electron chi connectivity index (χ2n) is 11.8. The van der Waals surface area contributed by atoms with Crippen LogP contribution in [-0.4, -0.2) is 60.1 Å². The fraction of sp³-hybridized carbons (Fsp3) is 0.606. The molecule has 0 amide bonds. The third kappa shape index (κ3) is 6.50. The number of hydrogen-bond donors (Lipinski definition) is 1. The van der Waals surface area contributed by atoms with E-state index in [9.17, 15) is 9.90 Å². The Balaban J connectivity index is 1.66. The predicted molar refractivity (Wildman–Crippen MR) is 159 cm³/mol. The first-order chi connectivity index (χ1) is 18.5. The normalized spacial score (nSPS) is 22.7. The van der Waals surface area contributed by atoms with Gasteiger partial charge in [-0.15, -0.1) is 0 Å². The molecule has 5 heteroatoms. The van der Waals surface area contributed by atoms with Gasteiger partial charge in [0, 0.05) is 0 Å². The van der Waals surface area contributed by atoms with Crippen LogP contribution in [0, 0.1) is 5.92 Å². The Morgan fingerprint density at radius 3 is 1.87 bits per heavy atom. The molecule has 2 unspecified atom stereocenters. The van der Waals surface area contributed by atoms with E-state index in [4.69, 9.17) is 4.74 Å². The number of carbonyl (C=O) groups excluding carboxylic acids is 1. The zero-order chi connectivity index (χ0) is 27.0. The van der Waals surface area contributed by atoms with Gasteiger partial charge in [-0.2, -0.15) is 0 Å². The van der Waals surface area contributed by atoms with E-state index in [0.717, 1.165) is 32.5 Å². The number of rotatable bonds is 14. The molecular formula is C33H49NO3Sn. The first-order valence-electron chi connectivity index (χ1n) is 15.3. The Morgan fingerprint density at radius 1 is 0.868 bits per heavy atom. The predicted octanol–water partition coefficient (Wildman–Crippen LogP) is 6.62. The number of nitrogens with zero attached hydrogens (tertiary/aromatic N) is 1. The molecule has 0 saturated carbocycles. The van der Waals surface area contributed by atoms with Crippen LogP contribution in [0.5, 0.6) is 0 Å². The Hall–Kier alpha value is -1.37. The van der Waals surface area contributed by atoms with Crippen molar-refractivity contribution in [2.45, 2.75) is 97.2 Å². The van der Waals surface area contributed by atoms with Crippen molar-refractivity contribution in [3.63, 3.8) is 0 Å². The number of unbranched alkanes of at least 4 members (excludes halogenated alkanes) is 3. The quantitative estimate of drug-likeness (QED) is 0.189. The zero-order valence-corrected chi connectivity index (χ0v) is 26.8. The first-order valence-corrected chi connectivity index (χ1v) is 22.8. The zero-order valence-electron chi connectivity index (χ0n) is 24.0. The summed E-state index contributed by atoms with van der Waals surface area (Å²) in [5.41, 5.74) is -0.600. The van der Waals surface area contributed by atoms with E-state index in [-0.39, 0.29) is 6.10 Å². The minimum atomic E-state index is -2.61. The second-order valence-corrected chi connectivity index (χ2v) is 25.1. The molecule has 4 nitrogen and oxygen atoms in total. The van der Waals surface area contributed by atoms with Crippen molar-refractivity contribution in [2.24, 2.45) is 5.92 Å². The van der Waals surface area contributed by atoms with Gasteiger partial charge in [-0.3, -0.25) is 0 Å². The molecule has 0 spiro atoms. The fourth-order valence-corrected chi connectivity index (χ4v) is 22.7. The van der Waals surface area contributed by atoms with Crippen LogP contribution in [0.4, 0.5) is 0 Å². The van der Waals surface area contributed by atoms with E-state index >= 15 is 0 Å². The molecule has 2 aromatic carbocycles. The summed E-state index contributed by atoms with van der Waals surface area (Å²) in [7, 11) is 0. The van der Waals surface area contributed by atoms with Crippen molar-refractivity contribution in [3.05, 3.63) is 65.7 Å². The average molecular weight is 626 g/mol. The fourth-order valence-electron chi connectivity index (χ4n) is 6.77. The molecular weight excluding hydrogens is 577 g/mol. The van der Waals surface area contributed by atoms with Crippen LogP contribution in [0.2, 0.25) is 13.3 Å². The number of hydrogen-bond acceptors (Lipinski definition) is 4. The molecule has 0 radical (unpaired) electrons. The van der Waals surface area contributed by atoms with Crippen LogP contribution < -0.4 is 3.58 Å². The Bertz CT molecular complexity index is 981. The van der Waals surface area contributed by atoms with E-state index < -0.39 is 29.9 Å². The number of fused-ring (bicyclic) bond motifs is 3. The molecule has 3 aliphatic heterocycles. The molecule has 3 saturated heterocycles. The summed E-state index contributed by atoms with van der Waals surface area (Å²) in [5, 5.41) is 12.2. The number of benzene rings is 2. The molecule has 0 aliphatic carbocycles. The van der Waals surface area contributed by atoms with Gasteiger partial charge >= 0.3 is 236 Å². The van der Waals surface area contributed by atoms with Crippen molar-refractivity contribution in [2.75, 3.05) is 19.6 Å². The van der Waals surface area contributed by atoms with Gasteiger partial charge in [-0.05, 0) is 0 Å². The summed E-state index contributed by atoms with van der Waals surface area (Å²) in [5.74, 6) is -0.135. The van der Waals surface area contributed by atoms with Gasteiger partial charge in [0.25, 0.3) is 0 Å². The minimum absolute atomic E-state index is 0.138. The number of ether oxygens (including phenoxy) is 1. The topological polar surface area (TPSA) is 49.8 Å². The Kier molecular flexibility index (Phi) is 10.8. The van der Waals surface area contributed by atoms with Gasteiger partial charge in [0.05, 0.1) is 0 Å². The van der Waals surface area contributed by atoms with E-state index in [1.807, 2.05) is 42.5 Å². The standard InChI is InChI=1S/C21H22NO3.3C4H9.Sn/c23-20(25-19-15-22-13-11-16(19)12-14-22)21(24,17-7-3-1-4-8-17)18-9-5-2-6-10-18;3*1-3-4-2;/h1,3-10,16,19,24H,11-15H2;3*1,3-4H2,2H3;. The maximum absolute atomic E-state index is 13.8. The van der Waals surface area contributed by atoms with Crippen LogP contribution in [0.25, 0.3) is 0 Å². The van der Waals surface area contributed by atoms with Crippen LogP contribution in [0.1, 0.15) is 83.3 Å². The van der Waals surface area contributed by atoms with Gasteiger partial charge in [-0.1, -0.05) is 0 Å². The number of carbonyl (C=O) groups is 1. The summed E-state index contributed by atoms with van der Waals surface area (Å²) in [6, 6.07) is 18.0. The van der Waals surface area contributed by atoms with Crippen LogP contribution in [-0.2, 0) is 15.1 Å². The molecule has 2 bridgehead atoms. The molecule has 0 aromatic heterocycles. The first kappa shape index (κ1) is 29.6. The molecule has 5 rings (SSSR count). The summed E-state index contributed by atoms with van der Waals surface area (Å²) in [6.07, 6.45) is 9.66. The van der Waals surface area contributed by atoms with E-state index in [0.29, 0.717) is 17.0 Å². The van der Waals surface area contributed by atoms with Crippen LogP contribution in [0.15, 0.2) is 54.6 Å². The number of piperidine rings is 3. The Morgan fingerprint density at radius 2 is 1.39 bits per heavy atom. The monoisotopic (exact) mass is 627 g/mol. The van der Waals surface area contributed by atoms with Crippen LogP contribution >= 0.6 is 0 Å². The molecule has 3 aliphatic rings. The van der Waals surface area contributed by atoms with Gasteiger partial charge in [-0.25, -0.2) is 0 Å². The van der Waals surface area contributed by atoms with Crippen molar-refractivity contribution in [3.8, 4) is 0 Å². The number of esters is 1. The number of aliphatic hydroxyl groups is 1. The maximum atomic E-state index is 13.8. The molecule has 1 N–H and O–H groups in total. The Labute approximate surface area is 235 Å². The summed E-state index contributed by atoms with van der Waals surface area (Å²) in [4.78, 5) is 16.2. The molecule has 38 heavy (non-hydrogen) atoms. The molecule has 208 valence electrons. The summed E-state index contributed by atoms with van der Waals surface area (Å²) in [6.45, 7) is 9.87. The average Bonchev–Trinajstić information content (AvgIpc) is 2.97. The van der Waals surface area contributed by atoms with E-state index in [2.05, 4.69) is 37.8 Å². The second kappa shape index (κ2) is 13.8. The van der Waals surface area contributed by atoms with Crippen molar-refractivity contribution < 1.29 is 14.6 Å². The van der Waals surface area contributed by atoms with Gasteiger partial charge < -0.3 is 0 Å². The SMILES string of the molecule is CCC[CH2][Sn]([CH2]CCC)([CH2]CCC)[c]1ccc(C(O)(C(=O)OC2CN3CCC2CC3)c2ccccc2)cc1. The van der Waals surface area contributed by atoms with Crippen molar-refractivity contribution in [1.82, 2.24) is 4.90 Å². The van der Waals surface area contributed by atoms with Crippen molar-refractivity contribution >= 4 is 27.9 Å². The van der Waals surface area contributed by atoms with Gasteiger partial charge in [0.1, 0.15) is 0 Å². The van der Waals surface area contributed by atoms with E-state index in [1.165, 1.54) is 51.8 Å². The van der Waals surface area contributed by atoms with E-state index in [1.54, 1.807) is 3.58 Å². The molecule has 3 heterocycles. The van der Waals surface area contributed by atoms with Gasteiger partial charge in [0.15, 0.2) is 0 Å². The third-order valence-electron chi connectivity index (χ3n) is 9.28.